The number of carbonyl (C=O) groups is 1. The van der Waals surface area contributed by atoms with Crippen molar-refractivity contribution < 1.29 is 14.3 Å². The highest BCUT2D eigenvalue weighted by Crippen LogP contribution is 2.24. The molecule has 1 amide bonds. The second-order valence-electron chi connectivity index (χ2n) is 5.11. The molecule has 0 aliphatic heterocycles. The molecule has 0 spiro atoms. The molecular formula is C14H19FN2O2. The third kappa shape index (κ3) is 3.04. The highest BCUT2D eigenvalue weighted by atomic mass is 19.1. The van der Waals surface area contributed by atoms with Crippen molar-refractivity contribution >= 4 is 11.6 Å². The number of rotatable bonds is 2. The molecule has 1 aliphatic rings. The number of hydrogen-bond acceptors (Lipinski definition) is 3. The van der Waals surface area contributed by atoms with E-state index in [9.17, 15) is 14.3 Å². The predicted octanol–water partition coefficient (Wildman–Crippen LogP) is 1.78. The first-order valence-electron chi connectivity index (χ1n) is 6.50. The van der Waals surface area contributed by atoms with Crippen molar-refractivity contribution in [2.75, 3.05) is 12.8 Å². The molecule has 0 heterocycles. The summed E-state index contributed by atoms with van der Waals surface area (Å²) >= 11 is 0. The molecule has 19 heavy (non-hydrogen) atoms. The Kier molecular flexibility index (Phi) is 4.04. The van der Waals surface area contributed by atoms with Gasteiger partial charge in [0.25, 0.3) is 5.91 Å². The number of anilines is 1. The Labute approximate surface area is 112 Å². The molecule has 1 saturated carbocycles. The zero-order chi connectivity index (χ0) is 14.0. The highest BCUT2D eigenvalue weighted by molar-refractivity contribution is 5.95. The number of hydrogen-bond donors (Lipinski definition) is 2. The summed E-state index contributed by atoms with van der Waals surface area (Å²) in [6, 6.07) is 3.60. The largest absolute Gasteiger partial charge is 0.399 e. The molecule has 1 aliphatic carbocycles. The summed E-state index contributed by atoms with van der Waals surface area (Å²) in [6.07, 6.45) is 2.94. The molecule has 104 valence electrons. The molecule has 0 bridgehead atoms. The summed E-state index contributed by atoms with van der Waals surface area (Å²) in [6.45, 7) is 0. The van der Waals surface area contributed by atoms with E-state index in [1.54, 1.807) is 7.05 Å². The summed E-state index contributed by atoms with van der Waals surface area (Å²) in [5.74, 6) is -0.835. The molecule has 1 aromatic rings. The van der Waals surface area contributed by atoms with Crippen molar-refractivity contribution in [2.24, 2.45) is 0 Å². The molecule has 0 saturated heterocycles. The average Bonchev–Trinajstić information content (AvgIpc) is 2.36. The molecule has 1 aromatic carbocycles. The molecule has 0 radical (unpaired) electrons. The molecule has 2 rings (SSSR count). The van der Waals surface area contributed by atoms with Crippen LogP contribution in [0.15, 0.2) is 18.2 Å². The highest BCUT2D eigenvalue weighted by Gasteiger charge is 2.29. The summed E-state index contributed by atoms with van der Waals surface area (Å²) in [7, 11) is 1.64. The number of nitrogens with zero attached hydrogens (tertiary/aromatic N) is 1. The SMILES string of the molecule is CN(C(=O)c1cc(N)cc(F)c1)C1CCCCC1O. The van der Waals surface area contributed by atoms with Gasteiger partial charge in [0.15, 0.2) is 0 Å². The maximum absolute atomic E-state index is 13.3. The maximum Gasteiger partial charge on any atom is 0.254 e. The van der Waals surface area contributed by atoms with Crippen LogP contribution in [0, 0.1) is 5.82 Å². The van der Waals surface area contributed by atoms with Gasteiger partial charge in [-0.15, -0.1) is 0 Å². The van der Waals surface area contributed by atoms with Gasteiger partial charge in [-0.25, -0.2) is 4.39 Å². The summed E-state index contributed by atoms with van der Waals surface area (Å²) < 4.78 is 13.3. The van der Waals surface area contributed by atoms with E-state index in [2.05, 4.69) is 0 Å². The lowest BCUT2D eigenvalue weighted by molar-refractivity contribution is 0.0268. The number of nitrogen functional groups attached to an aromatic ring is 1. The monoisotopic (exact) mass is 266 g/mol. The van der Waals surface area contributed by atoms with Gasteiger partial charge in [0, 0.05) is 18.3 Å². The second-order valence-corrected chi connectivity index (χ2v) is 5.11. The number of nitrogens with two attached hydrogens (primary N) is 1. The average molecular weight is 266 g/mol. The molecule has 1 fully saturated rings. The van der Waals surface area contributed by atoms with Crippen LogP contribution < -0.4 is 5.73 Å². The van der Waals surface area contributed by atoms with Crippen LogP contribution in [0.25, 0.3) is 0 Å². The second kappa shape index (κ2) is 5.57. The van der Waals surface area contributed by atoms with Crippen molar-refractivity contribution in [3.05, 3.63) is 29.6 Å². The maximum atomic E-state index is 13.3. The van der Waals surface area contributed by atoms with Crippen molar-refractivity contribution in [3.8, 4) is 0 Å². The molecule has 0 aromatic heterocycles. The lowest BCUT2D eigenvalue weighted by Crippen LogP contribution is -2.46. The van der Waals surface area contributed by atoms with Crippen LogP contribution in [-0.2, 0) is 0 Å². The van der Waals surface area contributed by atoms with Gasteiger partial charge in [0.05, 0.1) is 12.1 Å². The van der Waals surface area contributed by atoms with Crippen molar-refractivity contribution in [1.82, 2.24) is 4.90 Å². The van der Waals surface area contributed by atoms with Crippen LogP contribution in [-0.4, -0.2) is 35.1 Å². The Morgan fingerprint density at radius 1 is 1.37 bits per heavy atom. The molecule has 3 N–H and O–H groups in total. The van der Waals surface area contributed by atoms with E-state index in [0.29, 0.717) is 6.42 Å². The van der Waals surface area contributed by atoms with E-state index in [0.717, 1.165) is 19.3 Å². The number of aliphatic hydroxyl groups is 1. The summed E-state index contributed by atoms with van der Waals surface area (Å²) in [5.41, 5.74) is 5.99. The Hall–Kier alpha value is -1.62. The van der Waals surface area contributed by atoms with Crippen LogP contribution in [0.2, 0.25) is 0 Å². The molecule has 2 unspecified atom stereocenters. The standard InChI is InChI=1S/C14H19FN2O2/c1-17(12-4-2-3-5-13(12)18)14(19)9-6-10(15)8-11(16)7-9/h6-8,12-13,18H,2-5,16H2,1H3. The quantitative estimate of drug-likeness (QED) is 0.802. The van der Waals surface area contributed by atoms with E-state index in [1.807, 2.05) is 0 Å². The van der Waals surface area contributed by atoms with Crippen molar-refractivity contribution in [3.63, 3.8) is 0 Å². The lowest BCUT2D eigenvalue weighted by atomic mass is 9.91. The molecular weight excluding hydrogens is 247 g/mol. The van der Waals surface area contributed by atoms with E-state index in [-0.39, 0.29) is 23.2 Å². The zero-order valence-electron chi connectivity index (χ0n) is 11.0. The van der Waals surface area contributed by atoms with Crippen LogP contribution in [0.1, 0.15) is 36.0 Å². The molecule has 4 nitrogen and oxygen atoms in total. The van der Waals surface area contributed by atoms with Crippen LogP contribution >= 0.6 is 0 Å². The van der Waals surface area contributed by atoms with E-state index in [4.69, 9.17) is 5.73 Å². The van der Waals surface area contributed by atoms with Crippen LogP contribution in [0.3, 0.4) is 0 Å². The fourth-order valence-corrected chi connectivity index (χ4v) is 2.63. The Morgan fingerprint density at radius 3 is 2.68 bits per heavy atom. The lowest BCUT2D eigenvalue weighted by Gasteiger charge is -2.35. The van der Waals surface area contributed by atoms with E-state index >= 15 is 0 Å². The van der Waals surface area contributed by atoms with Gasteiger partial charge >= 0.3 is 0 Å². The Balaban J connectivity index is 2.18. The minimum Gasteiger partial charge on any atom is -0.399 e. The van der Waals surface area contributed by atoms with E-state index < -0.39 is 11.9 Å². The Bertz CT molecular complexity index is 458. The van der Waals surface area contributed by atoms with Gasteiger partial charge in [-0.3, -0.25) is 4.79 Å². The third-order valence-electron chi connectivity index (χ3n) is 3.68. The van der Waals surface area contributed by atoms with Gasteiger partial charge < -0.3 is 15.7 Å². The topological polar surface area (TPSA) is 66.6 Å². The number of benzene rings is 1. The first-order valence-corrected chi connectivity index (χ1v) is 6.50. The van der Waals surface area contributed by atoms with Gasteiger partial charge in [0.1, 0.15) is 5.82 Å². The first kappa shape index (κ1) is 13.8. The number of amides is 1. The van der Waals surface area contributed by atoms with Crippen LogP contribution in [0.4, 0.5) is 10.1 Å². The van der Waals surface area contributed by atoms with E-state index in [1.165, 1.54) is 23.1 Å². The first-order chi connectivity index (χ1) is 8.99. The zero-order valence-corrected chi connectivity index (χ0v) is 11.0. The minimum absolute atomic E-state index is 0.203. The predicted molar refractivity (Wildman–Crippen MR) is 71.2 cm³/mol. The normalized spacial score (nSPS) is 23.1. The number of aliphatic hydroxyl groups excluding tert-OH is 1. The Morgan fingerprint density at radius 2 is 2.05 bits per heavy atom. The smallest absolute Gasteiger partial charge is 0.254 e. The van der Waals surface area contributed by atoms with Crippen molar-refractivity contribution in [1.29, 1.82) is 0 Å². The minimum atomic E-state index is -0.527. The van der Waals surface area contributed by atoms with Gasteiger partial charge in [0.2, 0.25) is 0 Å². The fraction of sp³-hybridized carbons (Fsp3) is 0.500. The molecule has 2 atom stereocenters. The summed E-state index contributed by atoms with van der Waals surface area (Å²) in [5, 5.41) is 9.95. The summed E-state index contributed by atoms with van der Waals surface area (Å²) in [4.78, 5) is 13.8. The third-order valence-corrected chi connectivity index (χ3v) is 3.68. The van der Waals surface area contributed by atoms with Crippen LogP contribution in [0.5, 0.6) is 0 Å². The number of halogens is 1. The van der Waals surface area contributed by atoms with Gasteiger partial charge in [-0.2, -0.15) is 0 Å². The molecule has 5 heteroatoms. The number of likely N-dealkylation sites (N-methyl/N-ethyl adjacent to an activating group) is 1. The van der Waals surface area contributed by atoms with Gasteiger partial charge in [-0.1, -0.05) is 12.8 Å². The number of carbonyl (C=O) groups excluding carboxylic acids is 1. The fourth-order valence-electron chi connectivity index (χ4n) is 2.63. The van der Waals surface area contributed by atoms with Gasteiger partial charge in [-0.05, 0) is 31.0 Å². The van der Waals surface area contributed by atoms with Crippen molar-refractivity contribution in [2.45, 2.75) is 37.8 Å².